The Morgan fingerprint density at radius 3 is 1.92 bits per heavy atom. The SMILES string of the molecule is C1=CCCC=C1.C=C1/C(c2cccc3c2c2ccccc2n3-c2ccc(C)cc2)=C\C=C/N(c2ccccc2)c2ccccc21.N=C(c1ccccc1)c1c(N)ccc2ccccc12. The van der Waals surface area contributed by atoms with Gasteiger partial charge in [-0.3, -0.25) is 5.41 Å². The highest BCUT2D eigenvalue weighted by atomic mass is 15.1. The van der Waals surface area contributed by atoms with Crippen LogP contribution in [0.1, 0.15) is 40.7 Å². The Morgan fingerprint density at radius 1 is 0.562 bits per heavy atom. The first-order valence-corrected chi connectivity index (χ1v) is 21.8. The molecule has 0 saturated carbocycles. The molecule has 9 aromatic rings. The van der Waals surface area contributed by atoms with Gasteiger partial charge in [0.05, 0.1) is 22.4 Å². The topological polar surface area (TPSA) is 58.0 Å². The number of nitrogen functional groups attached to an aromatic ring is 1. The fourth-order valence-electron chi connectivity index (χ4n) is 8.63. The smallest absolute Gasteiger partial charge is 0.0711 e. The molecule has 0 unspecified atom stereocenters. The van der Waals surface area contributed by atoms with Gasteiger partial charge < -0.3 is 15.2 Å². The third kappa shape index (κ3) is 8.37. The predicted octanol–water partition coefficient (Wildman–Crippen LogP) is 15.6. The van der Waals surface area contributed by atoms with Crippen molar-refractivity contribution in [2.75, 3.05) is 10.6 Å². The van der Waals surface area contributed by atoms with E-state index in [2.05, 4.69) is 181 Å². The van der Waals surface area contributed by atoms with E-state index in [1.165, 1.54) is 45.8 Å². The third-order valence-electron chi connectivity index (χ3n) is 11.8. The molecule has 1 aliphatic carbocycles. The average molecular weight is 827 g/mol. The van der Waals surface area contributed by atoms with Crippen LogP contribution in [0.3, 0.4) is 0 Å². The van der Waals surface area contributed by atoms with Gasteiger partial charge in [0.1, 0.15) is 0 Å². The van der Waals surface area contributed by atoms with Gasteiger partial charge in [-0.25, -0.2) is 0 Å². The van der Waals surface area contributed by atoms with E-state index in [9.17, 15) is 0 Å². The largest absolute Gasteiger partial charge is 0.398 e. The van der Waals surface area contributed by atoms with E-state index in [1.807, 2.05) is 72.8 Å². The second-order valence-corrected chi connectivity index (χ2v) is 15.9. The molecule has 1 aromatic heterocycles. The van der Waals surface area contributed by atoms with E-state index in [4.69, 9.17) is 11.1 Å². The quantitative estimate of drug-likeness (QED) is 0.134. The molecule has 64 heavy (non-hydrogen) atoms. The number of benzene rings is 8. The lowest BCUT2D eigenvalue weighted by Crippen LogP contribution is -2.11. The van der Waals surface area contributed by atoms with Gasteiger partial charge in [-0.1, -0.05) is 182 Å². The lowest BCUT2D eigenvalue weighted by atomic mass is 9.89. The van der Waals surface area contributed by atoms with Gasteiger partial charge in [0.2, 0.25) is 0 Å². The van der Waals surface area contributed by atoms with Gasteiger partial charge >= 0.3 is 0 Å². The predicted molar refractivity (Wildman–Crippen MR) is 275 cm³/mol. The van der Waals surface area contributed by atoms with Gasteiger partial charge in [0.25, 0.3) is 0 Å². The molecule has 0 fully saturated rings. The summed E-state index contributed by atoms with van der Waals surface area (Å²) in [6.45, 7) is 6.80. The van der Waals surface area contributed by atoms with Gasteiger partial charge in [0, 0.05) is 50.7 Å². The van der Waals surface area contributed by atoms with Crippen LogP contribution in [0.2, 0.25) is 0 Å². The molecule has 4 nitrogen and oxygen atoms in total. The van der Waals surface area contributed by atoms with Gasteiger partial charge in [0.15, 0.2) is 0 Å². The summed E-state index contributed by atoms with van der Waals surface area (Å²) in [4.78, 5) is 2.23. The highest BCUT2D eigenvalue weighted by Gasteiger charge is 2.22. The minimum Gasteiger partial charge on any atom is -0.398 e. The van der Waals surface area contributed by atoms with E-state index < -0.39 is 0 Å². The zero-order chi connectivity index (χ0) is 43.8. The molecule has 0 spiro atoms. The van der Waals surface area contributed by atoms with E-state index in [1.54, 1.807) is 0 Å². The summed E-state index contributed by atoms with van der Waals surface area (Å²) in [6, 6.07) is 64.7. The summed E-state index contributed by atoms with van der Waals surface area (Å²) in [5.74, 6) is 0. The Hall–Kier alpha value is -8.21. The number of aryl methyl sites for hydroxylation is 1. The molecular weight excluding hydrogens is 777 g/mol. The Labute approximate surface area is 376 Å². The summed E-state index contributed by atoms with van der Waals surface area (Å²) in [6.07, 6.45) is 17.5. The van der Waals surface area contributed by atoms with E-state index in [0.29, 0.717) is 11.4 Å². The number of nitrogens with one attached hydrogen (secondary N) is 1. The summed E-state index contributed by atoms with van der Waals surface area (Å²) < 4.78 is 2.38. The van der Waals surface area contributed by atoms with Crippen molar-refractivity contribution < 1.29 is 0 Å². The standard InChI is InChI=1S/C37H28N2.C17H14N2.C6H8/c1-26-21-23-29(24-22-26)39-35-19-9-7-15-33(35)37-32(16-10-20-36(37)39)30-17-11-25-38(28-12-4-3-5-13-28)34-18-8-6-14-31(34)27(30)2;18-15-11-10-12-6-4-5-9-14(12)16(15)17(19)13-7-2-1-3-8-13;1-2-4-6-5-3-1/h3-25H,2H2,1H3;1-11,19H,18H2;1-4H,5-6H2/b25-11-,30-17+;;. The molecule has 3 N–H and O–H groups in total. The minimum atomic E-state index is 0.468. The lowest BCUT2D eigenvalue weighted by molar-refractivity contribution is 1.04. The van der Waals surface area contributed by atoms with Crippen molar-refractivity contribution in [1.29, 1.82) is 5.41 Å². The number of hydrogen-bond donors (Lipinski definition) is 2. The van der Waals surface area contributed by atoms with Crippen molar-refractivity contribution in [3.05, 3.63) is 265 Å². The molecule has 11 rings (SSSR count). The maximum absolute atomic E-state index is 8.41. The molecule has 8 aromatic carbocycles. The van der Waals surface area contributed by atoms with Crippen LogP contribution in [0.4, 0.5) is 17.1 Å². The lowest BCUT2D eigenvalue weighted by Gasteiger charge is -2.27. The molecule has 1 aliphatic heterocycles. The van der Waals surface area contributed by atoms with Crippen molar-refractivity contribution in [3.63, 3.8) is 0 Å². The summed E-state index contributed by atoms with van der Waals surface area (Å²) >= 11 is 0. The van der Waals surface area contributed by atoms with E-state index >= 15 is 0 Å². The number of fused-ring (bicyclic) bond motifs is 5. The summed E-state index contributed by atoms with van der Waals surface area (Å²) in [5, 5.41) is 13.0. The monoisotopic (exact) mass is 826 g/mol. The Morgan fingerprint density at radius 2 is 1.19 bits per heavy atom. The van der Waals surface area contributed by atoms with Crippen LogP contribution >= 0.6 is 0 Å². The van der Waals surface area contributed by atoms with Crippen LogP contribution in [-0.4, -0.2) is 10.3 Å². The number of allylic oxidation sites excluding steroid dienone is 8. The molecular formula is C60H50N4. The number of aromatic nitrogens is 1. The minimum absolute atomic E-state index is 0.468. The fourth-order valence-corrected chi connectivity index (χ4v) is 8.63. The Balaban J connectivity index is 0.000000171. The van der Waals surface area contributed by atoms with Crippen molar-refractivity contribution in [3.8, 4) is 5.69 Å². The number of anilines is 3. The number of hydrogen-bond acceptors (Lipinski definition) is 3. The molecule has 0 bridgehead atoms. The van der Waals surface area contributed by atoms with Gasteiger partial charge in [-0.15, -0.1) is 0 Å². The van der Waals surface area contributed by atoms with Crippen molar-refractivity contribution in [2.45, 2.75) is 19.8 Å². The van der Waals surface area contributed by atoms with Crippen LogP contribution in [0, 0.1) is 12.3 Å². The molecule has 310 valence electrons. The molecule has 0 radical (unpaired) electrons. The summed E-state index contributed by atoms with van der Waals surface area (Å²) in [7, 11) is 0. The third-order valence-corrected chi connectivity index (χ3v) is 11.8. The zero-order valence-corrected chi connectivity index (χ0v) is 36.0. The van der Waals surface area contributed by atoms with E-state index in [-0.39, 0.29) is 0 Å². The maximum atomic E-state index is 8.41. The van der Waals surface area contributed by atoms with Crippen molar-refractivity contribution in [1.82, 2.24) is 4.57 Å². The second-order valence-electron chi connectivity index (χ2n) is 15.9. The molecule has 0 amide bonds. The highest BCUT2D eigenvalue weighted by Crippen LogP contribution is 2.44. The number of nitrogens with two attached hydrogens (primary N) is 1. The molecule has 0 saturated heterocycles. The fraction of sp³-hybridized carbons (Fsp3) is 0.0500. The molecule has 2 aliphatic rings. The van der Waals surface area contributed by atoms with Crippen LogP contribution in [0.25, 0.3) is 49.4 Å². The second kappa shape index (κ2) is 18.8. The Kier molecular flexibility index (Phi) is 12.1. The Bertz CT molecular complexity index is 3240. The number of para-hydroxylation sites is 3. The van der Waals surface area contributed by atoms with Crippen LogP contribution < -0.4 is 10.6 Å². The van der Waals surface area contributed by atoms with E-state index in [0.717, 1.165) is 55.7 Å². The number of rotatable bonds is 5. The normalized spacial score (nSPS) is 14.3. The van der Waals surface area contributed by atoms with Crippen LogP contribution in [0.15, 0.2) is 237 Å². The number of nitrogens with zero attached hydrogens (tertiary/aromatic N) is 2. The van der Waals surface area contributed by atoms with Gasteiger partial charge in [-0.2, -0.15) is 0 Å². The first-order chi connectivity index (χ1) is 31.5. The summed E-state index contributed by atoms with van der Waals surface area (Å²) in [5.41, 5.74) is 20.4. The molecule has 2 heterocycles. The van der Waals surface area contributed by atoms with Crippen molar-refractivity contribution in [2.24, 2.45) is 0 Å². The first kappa shape index (κ1) is 41.2. The van der Waals surface area contributed by atoms with Gasteiger partial charge in [-0.05, 0) is 102 Å². The van der Waals surface area contributed by atoms with Crippen LogP contribution in [-0.2, 0) is 0 Å². The van der Waals surface area contributed by atoms with Crippen LogP contribution in [0.5, 0.6) is 0 Å². The maximum Gasteiger partial charge on any atom is 0.0711 e. The average Bonchev–Trinajstić information content (AvgIpc) is 3.70. The zero-order valence-electron chi connectivity index (χ0n) is 36.0. The first-order valence-electron chi connectivity index (χ1n) is 21.8. The highest BCUT2D eigenvalue weighted by molar-refractivity contribution is 6.21. The molecule has 4 heteroatoms. The molecule has 0 atom stereocenters. The van der Waals surface area contributed by atoms with Crippen molar-refractivity contribution >= 4 is 66.5 Å².